The highest BCUT2D eigenvalue weighted by Crippen LogP contribution is 2.31. The molecule has 1 aromatic carbocycles. The molecular weight excluding hydrogens is 380 g/mol. The van der Waals surface area contributed by atoms with E-state index in [4.69, 9.17) is 9.47 Å². The lowest BCUT2D eigenvalue weighted by Gasteiger charge is -2.42. The molecule has 1 saturated heterocycles. The average Bonchev–Trinajstić information content (AvgIpc) is 2.80. The first-order chi connectivity index (χ1) is 14.7. The molecule has 1 aliphatic heterocycles. The predicted octanol–water partition coefficient (Wildman–Crippen LogP) is 3.89. The van der Waals surface area contributed by atoms with Gasteiger partial charge >= 0.3 is 0 Å². The summed E-state index contributed by atoms with van der Waals surface area (Å²) in [5.41, 5.74) is 0. The smallest absolute Gasteiger partial charge is 0.226 e. The molecule has 0 N–H and O–H groups in total. The van der Waals surface area contributed by atoms with Crippen molar-refractivity contribution in [1.29, 1.82) is 0 Å². The average molecular weight is 411 g/mol. The first-order valence-electron chi connectivity index (χ1n) is 10.8. The number of anilines is 1. The van der Waals surface area contributed by atoms with Gasteiger partial charge in [0.25, 0.3) is 0 Å². The molecule has 2 aromatic rings. The number of rotatable bonds is 5. The van der Waals surface area contributed by atoms with E-state index in [0.29, 0.717) is 23.3 Å². The second-order valence-electron chi connectivity index (χ2n) is 8.13. The number of carbonyl (C=O) groups is 1. The van der Waals surface area contributed by atoms with Crippen LogP contribution in [0.5, 0.6) is 17.4 Å². The molecule has 2 fully saturated rings. The van der Waals surface area contributed by atoms with Crippen LogP contribution in [0.4, 0.5) is 5.82 Å². The van der Waals surface area contributed by atoms with Gasteiger partial charge in [-0.15, -0.1) is 0 Å². The molecule has 30 heavy (non-hydrogen) atoms. The highest BCUT2D eigenvalue weighted by Gasteiger charge is 2.32. The highest BCUT2D eigenvalue weighted by molar-refractivity contribution is 5.79. The number of carbonyl (C=O) groups excluding carboxylic acids is 1. The number of nitrogens with zero attached hydrogens (tertiary/aromatic N) is 4. The number of para-hydroxylation sites is 2. The van der Waals surface area contributed by atoms with Crippen molar-refractivity contribution in [1.82, 2.24) is 14.9 Å². The lowest BCUT2D eigenvalue weighted by molar-refractivity contribution is -0.139. The van der Waals surface area contributed by atoms with Crippen LogP contribution in [-0.4, -0.2) is 53.6 Å². The van der Waals surface area contributed by atoms with Crippen molar-refractivity contribution < 1.29 is 14.3 Å². The Balaban J connectivity index is 1.42. The third-order valence-electron chi connectivity index (χ3n) is 6.10. The Labute approximate surface area is 178 Å². The molecule has 4 rings (SSSR count). The van der Waals surface area contributed by atoms with Gasteiger partial charge in [0.05, 0.1) is 7.11 Å². The maximum atomic E-state index is 13.0. The van der Waals surface area contributed by atoms with Gasteiger partial charge in [-0.05, 0) is 31.9 Å². The summed E-state index contributed by atoms with van der Waals surface area (Å²) in [7, 11) is 1.61. The van der Waals surface area contributed by atoms with Crippen molar-refractivity contribution in [2.45, 2.75) is 45.1 Å². The molecule has 0 radical (unpaired) electrons. The van der Waals surface area contributed by atoms with Crippen molar-refractivity contribution >= 4 is 11.7 Å². The molecule has 1 aromatic heterocycles. The number of aromatic nitrogens is 2. The van der Waals surface area contributed by atoms with Gasteiger partial charge in [0.1, 0.15) is 12.1 Å². The third-order valence-corrected chi connectivity index (χ3v) is 6.10. The van der Waals surface area contributed by atoms with Crippen LogP contribution >= 0.6 is 0 Å². The fraction of sp³-hybridized carbons (Fsp3) is 0.522. The summed E-state index contributed by atoms with van der Waals surface area (Å²) in [5, 5.41) is 0. The second-order valence-corrected chi connectivity index (χ2v) is 8.13. The van der Waals surface area contributed by atoms with Gasteiger partial charge < -0.3 is 19.3 Å². The third kappa shape index (κ3) is 4.50. The van der Waals surface area contributed by atoms with Crippen molar-refractivity contribution in [2.75, 3.05) is 31.6 Å². The number of methoxy groups -OCH3 is 1. The zero-order valence-electron chi connectivity index (χ0n) is 17.8. The van der Waals surface area contributed by atoms with E-state index in [1.54, 1.807) is 7.11 Å². The standard InChI is InChI=1S/C23H30N4O3/c1-17-15-26(12-13-27(17)23(28)18-8-4-3-5-9-18)21-14-22(25-16-24-21)30-20-11-7-6-10-19(20)29-2/h6-7,10-11,14,16-18H,3-5,8-9,12-13,15H2,1-2H3. The van der Waals surface area contributed by atoms with Crippen LogP contribution in [0.25, 0.3) is 0 Å². The summed E-state index contributed by atoms with van der Waals surface area (Å²) in [4.78, 5) is 25.9. The Morgan fingerprint density at radius 3 is 2.57 bits per heavy atom. The monoisotopic (exact) mass is 410 g/mol. The first-order valence-corrected chi connectivity index (χ1v) is 10.8. The van der Waals surface area contributed by atoms with Gasteiger partial charge in [-0.1, -0.05) is 31.4 Å². The summed E-state index contributed by atoms with van der Waals surface area (Å²) in [6.45, 7) is 4.36. The predicted molar refractivity (Wildman–Crippen MR) is 115 cm³/mol. The van der Waals surface area contributed by atoms with Crippen molar-refractivity contribution in [3.05, 3.63) is 36.7 Å². The normalized spacial score (nSPS) is 20.1. The minimum atomic E-state index is 0.154. The number of benzene rings is 1. The fourth-order valence-electron chi connectivity index (χ4n) is 4.45. The molecule has 0 spiro atoms. The number of ether oxygens (including phenoxy) is 2. The number of piperazine rings is 1. The van der Waals surface area contributed by atoms with Crippen LogP contribution in [0.15, 0.2) is 36.7 Å². The van der Waals surface area contributed by atoms with E-state index in [1.807, 2.05) is 30.3 Å². The Bertz CT molecular complexity index is 869. The molecular formula is C23H30N4O3. The number of amides is 1. The van der Waals surface area contributed by atoms with Crippen LogP contribution in [0.1, 0.15) is 39.0 Å². The van der Waals surface area contributed by atoms with Crippen LogP contribution in [-0.2, 0) is 4.79 Å². The van der Waals surface area contributed by atoms with Gasteiger partial charge in [-0.3, -0.25) is 4.79 Å². The topological polar surface area (TPSA) is 67.8 Å². The van der Waals surface area contributed by atoms with E-state index >= 15 is 0 Å². The molecule has 2 aliphatic rings. The molecule has 1 atom stereocenters. The summed E-state index contributed by atoms with van der Waals surface area (Å²) >= 11 is 0. The molecule has 0 bridgehead atoms. The van der Waals surface area contributed by atoms with Crippen LogP contribution in [0.2, 0.25) is 0 Å². The van der Waals surface area contributed by atoms with Gasteiger partial charge in [-0.2, -0.15) is 0 Å². The second kappa shape index (κ2) is 9.32. The minimum absolute atomic E-state index is 0.154. The lowest BCUT2D eigenvalue weighted by atomic mass is 9.88. The fourth-order valence-corrected chi connectivity index (χ4v) is 4.45. The minimum Gasteiger partial charge on any atom is -0.493 e. The van der Waals surface area contributed by atoms with E-state index in [9.17, 15) is 4.79 Å². The molecule has 7 heteroatoms. The SMILES string of the molecule is COc1ccccc1Oc1cc(N2CCN(C(=O)C3CCCCC3)C(C)C2)ncn1. The molecule has 1 amide bonds. The van der Waals surface area contributed by atoms with Gasteiger partial charge in [-0.25, -0.2) is 9.97 Å². The van der Waals surface area contributed by atoms with E-state index in [1.165, 1.54) is 25.6 Å². The molecule has 2 heterocycles. The van der Waals surface area contributed by atoms with E-state index < -0.39 is 0 Å². The van der Waals surface area contributed by atoms with Gasteiger partial charge in [0, 0.05) is 37.7 Å². The zero-order chi connectivity index (χ0) is 20.9. The molecule has 7 nitrogen and oxygen atoms in total. The summed E-state index contributed by atoms with van der Waals surface area (Å²) in [6, 6.07) is 9.48. The summed E-state index contributed by atoms with van der Waals surface area (Å²) in [5.74, 6) is 3.10. The van der Waals surface area contributed by atoms with Crippen LogP contribution < -0.4 is 14.4 Å². The highest BCUT2D eigenvalue weighted by atomic mass is 16.5. The summed E-state index contributed by atoms with van der Waals surface area (Å²) in [6.07, 6.45) is 7.23. The van der Waals surface area contributed by atoms with Crippen molar-refractivity contribution in [3.63, 3.8) is 0 Å². The number of hydrogen-bond acceptors (Lipinski definition) is 6. The first kappa shape index (κ1) is 20.4. The van der Waals surface area contributed by atoms with Crippen molar-refractivity contribution in [2.24, 2.45) is 5.92 Å². The molecule has 1 unspecified atom stereocenters. The van der Waals surface area contributed by atoms with E-state index in [2.05, 4.69) is 26.7 Å². The summed E-state index contributed by atoms with van der Waals surface area (Å²) < 4.78 is 11.3. The van der Waals surface area contributed by atoms with Gasteiger partial charge in [0.15, 0.2) is 11.5 Å². The van der Waals surface area contributed by atoms with Crippen LogP contribution in [0.3, 0.4) is 0 Å². The lowest BCUT2D eigenvalue weighted by Crippen LogP contribution is -2.55. The van der Waals surface area contributed by atoms with Gasteiger partial charge in [0.2, 0.25) is 11.8 Å². The molecule has 1 aliphatic carbocycles. The van der Waals surface area contributed by atoms with E-state index in [0.717, 1.165) is 38.3 Å². The maximum Gasteiger partial charge on any atom is 0.226 e. The maximum absolute atomic E-state index is 13.0. The van der Waals surface area contributed by atoms with E-state index in [-0.39, 0.29) is 12.0 Å². The zero-order valence-corrected chi connectivity index (χ0v) is 17.8. The Kier molecular flexibility index (Phi) is 6.35. The quantitative estimate of drug-likeness (QED) is 0.745. The Morgan fingerprint density at radius 2 is 1.83 bits per heavy atom. The number of hydrogen-bond donors (Lipinski definition) is 0. The molecule has 1 saturated carbocycles. The van der Waals surface area contributed by atoms with Crippen LogP contribution in [0, 0.1) is 5.92 Å². The Morgan fingerprint density at radius 1 is 1.07 bits per heavy atom. The molecule has 160 valence electrons. The largest absolute Gasteiger partial charge is 0.493 e. The van der Waals surface area contributed by atoms with Crippen molar-refractivity contribution in [3.8, 4) is 17.4 Å². The Hall–Kier alpha value is -2.83.